The lowest BCUT2D eigenvalue weighted by Crippen LogP contribution is -2.46. The zero-order valence-corrected chi connectivity index (χ0v) is 14.1. The van der Waals surface area contributed by atoms with Crippen LogP contribution in [0.3, 0.4) is 0 Å². The van der Waals surface area contributed by atoms with E-state index in [1.807, 2.05) is 19.1 Å². The molecule has 0 radical (unpaired) electrons. The van der Waals surface area contributed by atoms with E-state index in [0.29, 0.717) is 5.02 Å². The molecule has 7 heteroatoms. The first kappa shape index (κ1) is 15.1. The second-order valence-electron chi connectivity index (χ2n) is 5.22. The van der Waals surface area contributed by atoms with Crippen molar-refractivity contribution < 1.29 is 0 Å². The van der Waals surface area contributed by atoms with Crippen molar-refractivity contribution in [3.8, 4) is 6.07 Å². The van der Waals surface area contributed by atoms with Gasteiger partial charge in [0.2, 0.25) is 0 Å². The topological polar surface area (TPSA) is 56.1 Å². The Balaban J connectivity index is 1.70. The fourth-order valence-corrected chi connectivity index (χ4v) is 3.51. The van der Waals surface area contributed by atoms with E-state index in [1.54, 1.807) is 17.4 Å². The number of nitriles is 1. The molecule has 2 aromatic rings. The van der Waals surface area contributed by atoms with Gasteiger partial charge in [-0.05, 0) is 26.0 Å². The van der Waals surface area contributed by atoms with Crippen LogP contribution in [0.25, 0.3) is 0 Å². The molecule has 0 amide bonds. The molecule has 1 fully saturated rings. The first-order valence-electron chi connectivity index (χ1n) is 7.09. The molecule has 3 heterocycles. The van der Waals surface area contributed by atoms with Gasteiger partial charge in [0.05, 0.1) is 10.7 Å². The number of nitrogens with zero attached hydrogens (tertiary/aromatic N) is 5. The molecule has 0 aromatic carbocycles. The van der Waals surface area contributed by atoms with Gasteiger partial charge in [-0.25, -0.2) is 9.97 Å². The van der Waals surface area contributed by atoms with Crippen molar-refractivity contribution in [3.63, 3.8) is 0 Å². The lowest BCUT2D eigenvalue weighted by Gasteiger charge is -2.35. The highest BCUT2D eigenvalue weighted by atomic mass is 35.5. The minimum atomic E-state index is 0.285. The summed E-state index contributed by atoms with van der Waals surface area (Å²) in [4.78, 5) is 14.7. The van der Waals surface area contributed by atoms with Gasteiger partial charge in [-0.15, -0.1) is 11.3 Å². The summed E-state index contributed by atoms with van der Waals surface area (Å²) in [6.07, 6.45) is 0. The average Bonchev–Trinajstić information content (AvgIpc) is 2.87. The molecule has 22 heavy (non-hydrogen) atoms. The van der Waals surface area contributed by atoms with E-state index in [-0.39, 0.29) is 5.69 Å². The van der Waals surface area contributed by atoms with Crippen LogP contribution in [0, 0.1) is 25.2 Å². The Morgan fingerprint density at radius 3 is 2.41 bits per heavy atom. The maximum absolute atomic E-state index is 9.03. The second-order valence-corrected chi connectivity index (χ2v) is 6.81. The fraction of sp³-hybridized carbons (Fsp3) is 0.400. The highest BCUT2D eigenvalue weighted by Gasteiger charge is 2.21. The minimum Gasteiger partial charge on any atom is -0.353 e. The monoisotopic (exact) mass is 333 g/mol. The summed E-state index contributed by atoms with van der Waals surface area (Å²) >= 11 is 7.68. The number of rotatable bonds is 2. The van der Waals surface area contributed by atoms with Crippen molar-refractivity contribution in [2.45, 2.75) is 13.8 Å². The fourth-order valence-electron chi connectivity index (χ4n) is 2.40. The third-order valence-corrected chi connectivity index (χ3v) is 5.27. The normalized spacial score (nSPS) is 15.0. The summed E-state index contributed by atoms with van der Waals surface area (Å²) in [5.41, 5.74) is 1.40. The molecule has 0 aliphatic carbocycles. The summed E-state index contributed by atoms with van der Waals surface area (Å²) in [5.74, 6) is 0.812. The maximum Gasteiger partial charge on any atom is 0.185 e. The Morgan fingerprint density at radius 2 is 1.82 bits per heavy atom. The van der Waals surface area contributed by atoms with Crippen LogP contribution in [-0.2, 0) is 0 Å². The van der Waals surface area contributed by atoms with Crippen molar-refractivity contribution in [1.82, 2.24) is 9.97 Å². The van der Waals surface area contributed by atoms with Crippen LogP contribution in [0.4, 0.5) is 10.9 Å². The standard InChI is InChI=1S/C15H16ClN5S/c1-10-11(2)22-15(18-10)21-7-5-20(6-8-21)14-4-3-12(16)13(9-17)19-14/h3-4H,5-8H2,1-2H3. The molecule has 0 atom stereocenters. The SMILES string of the molecule is Cc1nc(N2CCN(c3ccc(Cl)c(C#N)n3)CC2)sc1C. The zero-order valence-electron chi connectivity index (χ0n) is 12.5. The first-order chi connectivity index (χ1) is 10.6. The van der Waals surface area contributed by atoms with Gasteiger partial charge in [0, 0.05) is 31.1 Å². The van der Waals surface area contributed by atoms with Crippen molar-refractivity contribution in [2.75, 3.05) is 36.0 Å². The Labute approximate surface area is 138 Å². The van der Waals surface area contributed by atoms with Crippen molar-refractivity contribution in [3.05, 3.63) is 33.4 Å². The van der Waals surface area contributed by atoms with Crippen LogP contribution in [0.5, 0.6) is 0 Å². The number of aromatic nitrogens is 2. The smallest absolute Gasteiger partial charge is 0.185 e. The Bertz CT molecular complexity index is 709. The second kappa shape index (κ2) is 6.11. The maximum atomic E-state index is 9.03. The molecule has 0 saturated carbocycles. The minimum absolute atomic E-state index is 0.285. The van der Waals surface area contributed by atoms with Crippen molar-refractivity contribution in [1.29, 1.82) is 5.26 Å². The molecule has 0 bridgehead atoms. The Hall–Kier alpha value is -1.84. The molecule has 0 N–H and O–H groups in total. The van der Waals surface area contributed by atoms with Gasteiger partial charge in [-0.3, -0.25) is 0 Å². The molecule has 1 aliphatic rings. The van der Waals surface area contributed by atoms with Crippen LogP contribution in [0.1, 0.15) is 16.3 Å². The van der Waals surface area contributed by atoms with E-state index in [4.69, 9.17) is 16.9 Å². The lowest BCUT2D eigenvalue weighted by molar-refractivity contribution is 0.645. The van der Waals surface area contributed by atoms with Crippen LogP contribution in [0.2, 0.25) is 5.02 Å². The molecule has 0 spiro atoms. The molecule has 1 aliphatic heterocycles. The third kappa shape index (κ3) is 2.87. The number of aryl methyl sites for hydroxylation is 2. The number of anilines is 2. The van der Waals surface area contributed by atoms with Gasteiger partial charge < -0.3 is 9.80 Å². The number of halogens is 1. The molecular formula is C15H16ClN5S. The largest absolute Gasteiger partial charge is 0.353 e. The molecule has 1 saturated heterocycles. The van der Waals surface area contributed by atoms with Crippen molar-refractivity contribution in [2.24, 2.45) is 0 Å². The summed E-state index contributed by atoms with van der Waals surface area (Å²) < 4.78 is 0. The number of thiazole rings is 1. The summed E-state index contributed by atoms with van der Waals surface area (Å²) in [5, 5.41) is 10.5. The van der Waals surface area contributed by atoms with E-state index in [2.05, 4.69) is 26.7 Å². The quantitative estimate of drug-likeness (QED) is 0.845. The predicted octanol–water partition coefficient (Wildman–Crippen LogP) is 3.01. The first-order valence-corrected chi connectivity index (χ1v) is 8.28. The Morgan fingerprint density at radius 1 is 1.14 bits per heavy atom. The molecule has 5 nitrogen and oxygen atoms in total. The molecule has 3 rings (SSSR count). The number of piperazine rings is 1. The number of hydrogen-bond donors (Lipinski definition) is 0. The number of pyridine rings is 1. The van der Waals surface area contributed by atoms with Crippen LogP contribution < -0.4 is 9.80 Å². The van der Waals surface area contributed by atoms with E-state index >= 15 is 0 Å². The van der Waals surface area contributed by atoms with Crippen LogP contribution in [-0.4, -0.2) is 36.1 Å². The molecule has 0 unspecified atom stereocenters. The molecule has 2 aromatic heterocycles. The van der Waals surface area contributed by atoms with E-state index < -0.39 is 0 Å². The zero-order chi connectivity index (χ0) is 15.7. The lowest BCUT2D eigenvalue weighted by atomic mass is 10.3. The van der Waals surface area contributed by atoms with Gasteiger partial charge >= 0.3 is 0 Å². The Kier molecular flexibility index (Phi) is 4.19. The molecular weight excluding hydrogens is 318 g/mol. The average molecular weight is 334 g/mol. The summed E-state index contributed by atoms with van der Waals surface area (Å²) in [7, 11) is 0. The third-order valence-electron chi connectivity index (χ3n) is 3.83. The van der Waals surface area contributed by atoms with Gasteiger partial charge in [0.25, 0.3) is 0 Å². The van der Waals surface area contributed by atoms with Crippen LogP contribution in [0.15, 0.2) is 12.1 Å². The number of hydrogen-bond acceptors (Lipinski definition) is 6. The highest BCUT2D eigenvalue weighted by molar-refractivity contribution is 7.15. The van der Waals surface area contributed by atoms with Crippen molar-refractivity contribution >= 4 is 33.9 Å². The van der Waals surface area contributed by atoms with Gasteiger partial charge in [0.15, 0.2) is 10.8 Å². The molecule has 114 valence electrons. The van der Waals surface area contributed by atoms with E-state index in [1.165, 1.54) is 4.88 Å². The van der Waals surface area contributed by atoms with Gasteiger partial charge in [0.1, 0.15) is 11.9 Å². The highest BCUT2D eigenvalue weighted by Crippen LogP contribution is 2.27. The van der Waals surface area contributed by atoms with Crippen LogP contribution >= 0.6 is 22.9 Å². The van der Waals surface area contributed by atoms with E-state index in [9.17, 15) is 0 Å². The van der Waals surface area contributed by atoms with Gasteiger partial charge in [-0.2, -0.15) is 5.26 Å². The van der Waals surface area contributed by atoms with Gasteiger partial charge in [-0.1, -0.05) is 11.6 Å². The summed E-state index contributed by atoms with van der Waals surface area (Å²) in [6.45, 7) is 7.67. The van der Waals surface area contributed by atoms with E-state index in [0.717, 1.165) is 42.8 Å². The predicted molar refractivity (Wildman–Crippen MR) is 90.0 cm³/mol. The summed E-state index contributed by atoms with van der Waals surface area (Å²) in [6, 6.07) is 5.64.